The number of benzene rings is 2. The Labute approximate surface area is 208 Å². The molecule has 9 heteroatoms. The van der Waals surface area contributed by atoms with Crippen molar-refractivity contribution in [2.24, 2.45) is 4.99 Å². The first-order valence-electron chi connectivity index (χ1n) is 11.0. The van der Waals surface area contributed by atoms with Crippen molar-refractivity contribution in [3.63, 3.8) is 0 Å². The van der Waals surface area contributed by atoms with E-state index in [4.69, 9.17) is 21.1 Å². The Bertz CT molecular complexity index is 1160. The van der Waals surface area contributed by atoms with Gasteiger partial charge < -0.3 is 14.4 Å². The second kappa shape index (κ2) is 10.6. The smallest absolute Gasteiger partial charge is 0.266 e. The zero-order valence-corrected chi connectivity index (χ0v) is 20.9. The highest BCUT2D eigenvalue weighted by molar-refractivity contribution is 8.18. The van der Waals surface area contributed by atoms with Crippen LogP contribution in [0.4, 0.5) is 5.69 Å². The van der Waals surface area contributed by atoms with Gasteiger partial charge in [-0.3, -0.25) is 14.5 Å². The van der Waals surface area contributed by atoms with Crippen molar-refractivity contribution in [2.75, 3.05) is 33.4 Å². The molecule has 0 saturated carbocycles. The Kier molecular flexibility index (Phi) is 7.60. The fraction of sp³-hybridized carbons (Fsp3) is 0.320. The molecule has 0 spiro atoms. The van der Waals surface area contributed by atoms with Crippen LogP contribution in [0.25, 0.3) is 6.08 Å². The SMILES string of the molecule is CC(C)Oc1ccc(Cl)cc1/C=C1/SC(=Nc2cccc(C(=O)N3CCOCC3)c2)N(C)C1=O. The molecule has 0 radical (unpaired) electrons. The largest absolute Gasteiger partial charge is 0.490 e. The number of hydrogen-bond acceptors (Lipinski definition) is 6. The zero-order chi connectivity index (χ0) is 24.2. The van der Waals surface area contributed by atoms with Gasteiger partial charge in [0.15, 0.2) is 5.17 Å². The van der Waals surface area contributed by atoms with Gasteiger partial charge in [-0.2, -0.15) is 0 Å². The molecule has 0 aromatic heterocycles. The molecule has 7 nitrogen and oxygen atoms in total. The lowest BCUT2D eigenvalue weighted by Gasteiger charge is -2.26. The number of carbonyl (C=O) groups is 2. The molecule has 0 bridgehead atoms. The van der Waals surface area contributed by atoms with Gasteiger partial charge in [0.25, 0.3) is 11.8 Å². The lowest BCUT2D eigenvalue weighted by Crippen LogP contribution is -2.40. The fourth-order valence-corrected chi connectivity index (χ4v) is 4.71. The molecule has 2 amide bonds. The third-order valence-electron chi connectivity index (χ3n) is 5.24. The number of rotatable bonds is 5. The van der Waals surface area contributed by atoms with E-state index >= 15 is 0 Å². The van der Waals surface area contributed by atoms with Gasteiger partial charge in [0.05, 0.1) is 29.9 Å². The fourth-order valence-electron chi connectivity index (χ4n) is 3.55. The van der Waals surface area contributed by atoms with Crippen molar-refractivity contribution in [3.05, 3.63) is 63.5 Å². The maximum Gasteiger partial charge on any atom is 0.266 e. The first kappa shape index (κ1) is 24.3. The quantitative estimate of drug-likeness (QED) is 0.551. The number of nitrogens with zero attached hydrogens (tertiary/aromatic N) is 3. The Morgan fingerprint density at radius 1 is 1.21 bits per heavy atom. The number of morpholine rings is 1. The number of halogens is 1. The van der Waals surface area contributed by atoms with Crippen molar-refractivity contribution < 1.29 is 19.1 Å². The van der Waals surface area contributed by atoms with Crippen LogP contribution in [0.3, 0.4) is 0 Å². The van der Waals surface area contributed by atoms with Gasteiger partial charge in [0.1, 0.15) is 5.75 Å². The van der Waals surface area contributed by atoms with Crippen molar-refractivity contribution in [3.8, 4) is 5.75 Å². The summed E-state index contributed by atoms with van der Waals surface area (Å²) in [6.07, 6.45) is 1.76. The third-order valence-corrected chi connectivity index (χ3v) is 6.54. The molecule has 4 rings (SSSR count). The lowest BCUT2D eigenvalue weighted by molar-refractivity contribution is -0.121. The minimum atomic E-state index is -0.167. The molecule has 2 aromatic carbocycles. The number of likely N-dealkylation sites (N-methyl/N-ethyl adjacent to an activating group) is 1. The topological polar surface area (TPSA) is 71.4 Å². The van der Waals surface area contributed by atoms with Gasteiger partial charge >= 0.3 is 0 Å². The van der Waals surface area contributed by atoms with Crippen LogP contribution < -0.4 is 4.74 Å². The molecule has 2 saturated heterocycles. The van der Waals surface area contributed by atoms with Crippen molar-refractivity contribution in [1.82, 2.24) is 9.80 Å². The van der Waals surface area contributed by atoms with Gasteiger partial charge in [0, 0.05) is 36.3 Å². The van der Waals surface area contributed by atoms with E-state index in [-0.39, 0.29) is 17.9 Å². The van der Waals surface area contributed by atoms with Crippen LogP contribution in [0, 0.1) is 0 Å². The van der Waals surface area contributed by atoms with Crippen molar-refractivity contribution in [2.45, 2.75) is 20.0 Å². The molecule has 0 aliphatic carbocycles. The molecule has 2 aliphatic heterocycles. The highest BCUT2D eigenvalue weighted by atomic mass is 35.5. The van der Waals surface area contributed by atoms with Crippen LogP contribution >= 0.6 is 23.4 Å². The molecule has 0 unspecified atom stereocenters. The number of thioether (sulfide) groups is 1. The van der Waals surface area contributed by atoms with E-state index in [9.17, 15) is 9.59 Å². The first-order valence-corrected chi connectivity index (χ1v) is 12.2. The van der Waals surface area contributed by atoms with E-state index in [1.165, 1.54) is 16.7 Å². The standard InChI is InChI=1S/C25H26ClN3O4S/c1-16(2)33-21-8-7-19(26)13-18(21)15-22-24(31)28(3)25(34-22)27-20-6-4-5-17(14-20)23(30)29-9-11-32-12-10-29/h4-8,13-16H,9-12H2,1-3H3/b22-15+,27-25?. The van der Waals surface area contributed by atoms with Gasteiger partial charge in [0.2, 0.25) is 0 Å². The Morgan fingerprint density at radius 2 is 1.97 bits per heavy atom. The average Bonchev–Trinajstić information content (AvgIpc) is 3.08. The maximum absolute atomic E-state index is 12.9. The van der Waals surface area contributed by atoms with Gasteiger partial charge in [-0.25, -0.2) is 4.99 Å². The molecule has 178 valence electrons. The highest BCUT2D eigenvalue weighted by Gasteiger charge is 2.31. The Morgan fingerprint density at radius 3 is 2.71 bits per heavy atom. The van der Waals surface area contributed by atoms with Crippen molar-refractivity contribution >= 4 is 52.1 Å². The second-order valence-corrected chi connectivity index (χ2v) is 9.62. The monoisotopic (exact) mass is 499 g/mol. The van der Waals surface area contributed by atoms with Crippen LogP contribution in [0.1, 0.15) is 29.8 Å². The van der Waals surface area contributed by atoms with E-state index in [0.717, 1.165) is 5.56 Å². The Hall–Kier alpha value is -2.81. The predicted molar refractivity (Wildman–Crippen MR) is 136 cm³/mol. The normalized spacial score (nSPS) is 18.9. The molecule has 2 fully saturated rings. The summed E-state index contributed by atoms with van der Waals surface area (Å²) in [6, 6.07) is 12.5. The average molecular weight is 500 g/mol. The molecule has 34 heavy (non-hydrogen) atoms. The van der Waals surface area contributed by atoms with E-state index in [2.05, 4.69) is 4.99 Å². The lowest BCUT2D eigenvalue weighted by atomic mass is 10.1. The second-order valence-electron chi connectivity index (χ2n) is 8.17. The van der Waals surface area contributed by atoms with Gasteiger partial charge in [-0.05, 0) is 68.1 Å². The number of carbonyl (C=O) groups excluding carboxylic acids is 2. The summed E-state index contributed by atoms with van der Waals surface area (Å²) in [4.78, 5) is 34.2. The van der Waals surface area contributed by atoms with E-state index in [1.807, 2.05) is 19.9 Å². The molecular formula is C25H26ClN3O4S. The zero-order valence-electron chi connectivity index (χ0n) is 19.3. The molecule has 0 atom stereocenters. The summed E-state index contributed by atoms with van der Waals surface area (Å²) >= 11 is 7.46. The van der Waals surface area contributed by atoms with Crippen molar-refractivity contribution in [1.29, 1.82) is 0 Å². The first-order chi connectivity index (χ1) is 16.3. The van der Waals surface area contributed by atoms with Crippen LogP contribution in [-0.2, 0) is 9.53 Å². The third kappa shape index (κ3) is 5.63. The molecule has 0 N–H and O–H groups in total. The van der Waals surface area contributed by atoms with E-state index in [0.29, 0.717) is 58.4 Å². The molecule has 2 aliphatic rings. The predicted octanol–water partition coefficient (Wildman–Crippen LogP) is 4.83. The Balaban J connectivity index is 1.58. The van der Waals surface area contributed by atoms with E-state index < -0.39 is 0 Å². The number of ether oxygens (including phenoxy) is 2. The van der Waals surface area contributed by atoms with Gasteiger partial charge in [-0.1, -0.05) is 17.7 Å². The molecule has 2 aromatic rings. The van der Waals surface area contributed by atoms with Crippen LogP contribution in [0.15, 0.2) is 52.4 Å². The summed E-state index contributed by atoms with van der Waals surface area (Å²) in [6.45, 7) is 6.12. The minimum absolute atomic E-state index is 0.0162. The maximum atomic E-state index is 12.9. The summed E-state index contributed by atoms with van der Waals surface area (Å²) < 4.78 is 11.2. The summed E-state index contributed by atoms with van der Waals surface area (Å²) in [5.74, 6) is 0.440. The number of amidine groups is 1. The molecular weight excluding hydrogens is 474 g/mol. The van der Waals surface area contributed by atoms with Gasteiger partial charge in [-0.15, -0.1) is 0 Å². The summed E-state index contributed by atoms with van der Waals surface area (Å²) in [7, 11) is 1.68. The van der Waals surface area contributed by atoms with E-state index in [1.54, 1.807) is 54.4 Å². The highest BCUT2D eigenvalue weighted by Crippen LogP contribution is 2.35. The number of hydrogen-bond donors (Lipinski definition) is 0. The van der Waals surface area contributed by atoms with Crippen LogP contribution in [0.2, 0.25) is 5.02 Å². The summed E-state index contributed by atoms with van der Waals surface area (Å²) in [5, 5.41) is 1.09. The van der Waals surface area contributed by atoms with Crippen LogP contribution in [-0.4, -0.2) is 66.2 Å². The summed E-state index contributed by atoms with van der Waals surface area (Å²) in [5.41, 5.74) is 1.89. The van der Waals surface area contributed by atoms with Crippen LogP contribution in [0.5, 0.6) is 5.75 Å². The number of aliphatic imine (C=N–C) groups is 1. The number of amides is 2. The minimum Gasteiger partial charge on any atom is -0.490 e. The molecule has 2 heterocycles.